The third-order valence-electron chi connectivity index (χ3n) is 5.36. The molecule has 2 aromatic carbocycles. The number of benzene rings is 2. The van der Waals surface area contributed by atoms with E-state index in [4.69, 9.17) is 0 Å². The molecule has 3 nitrogen and oxygen atoms in total. The van der Waals surface area contributed by atoms with Gasteiger partial charge in [0.1, 0.15) is 5.82 Å². The van der Waals surface area contributed by atoms with Crippen LogP contribution in [0.3, 0.4) is 0 Å². The van der Waals surface area contributed by atoms with Crippen molar-refractivity contribution in [1.29, 1.82) is 0 Å². The van der Waals surface area contributed by atoms with E-state index in [-0.39, 0.29) is 5.82 Å². The quantitative estimate of drug-likeness (QED) is 0.583. The summed E-state index contributed by atoms with van der Waals surface area (Å²) in [5.41, 5.74) is 7.57. The lowest BCUT2D eigenvalue weighted by molar-refractivity contribution is 0.627. The van der Waals surface area contributed by atoms with E-state index >= 15 is 0 Å². The largest absolute Gasteiger partial charge is 0.354 e. The van der Waals surface area contributed by atoms with E-state index in [1.54, 1.807) is 18.6 Å². The van der Waals surface area contributed by atoms with Crippen molar-refractivity contribution in [3.05, 3.63) is 101 Å². The zero-order valence-electron chi connectivity index (χ0n) is 17.0. The fraction of sp³-hybridized carbons (Fsp3) is 0.160. The standard InChI is InChI=1S/C25H23FN2OS/c1-3-17-16-23(18-4-8-21(26)9-5-18)25(20-12-14-27-15-13-20)28-24(17)19-6-10-22(11-7-19)30(2)29/h4-15,28H,3,16H2,1-2H3. The Hall–Kier alpha value is -3.05. The SMILES string of the molecule is CCC1=C(c2ccc(S(C)=O)cc2)NC(c2ccncc2)=C(c2ccc(F)cc2)C1. The minimum atomic E-state index is -1.01. The lowest BCUT2D eigenvalue weighted by Crippen LogP contribution is -2.20. The van der Waals surface area contributed by atoms with Gasteiger partial charge >= 0.3 is 0 Å². The van der Waals surface area contributed by atoms with E-state index in [1.165, 1.54) is 17.7 Å². The molecule has 0 bridgehead atoms. The molecule has 4 rings (SSSR count). The summed E-state index contributed by atoms with van der Waals surface area (Å²) in [4.78, 5) is 4.95. The fourth-order valence-electron chi connectivity index (χ4n) is 3.73. The van der Waals surface area contributed by atoms with Crippen molar-refractivity contribution in [2.75, 3.05) is 6.26 Å². The molecule has 0 amide bonds. The van der Waals surface area contributed by atoms with Crippen molar-refractivity contribution >= 4 is 27.8 Å². The summed E-state index contributed by atoms with van der Waals surface area (Å²) in [7, 11) is -1.01. The van der Waals surface area contributed by atoms with Crippen LogP contribution in [0.2, 0.25) is 0 Å². The summed E-state index contributed by atoms with van der Waals surface area (Å²) in [5, 5.41) is 3.66. The minimum Gasteiger partial charge on any atom is -0.354 e. The van der Waals surface area contributed by atoms with Gasteiger partial charge in [0.05, 0.1) is 5.70 Å². The second kappa shape index (κ2) is 8.76. The lowest BCUT2D eigenvalue weighted by atomic mass is 9.87. The number of aromatic nitrogens is 1. The maximum Gasteiger partial charge on any atom is 0.123 e. The van der Waals surface area contributed by atoms with Gasteiger partial charge in [-0.2, -0.15) is 0 Å². The van der Waals surface area contributed by atoms with Gasteiger partial charge < -0.3 is 5.32 Å². The number of hydrogen-bond donors (Lipinski definition) is 1. The molecule has 2 heterocycles. The molecule has 0 spiro atoms. The number of hydrogen-bond acceptors (Lipinski definition) is 3. The maximum absolute atomic E-state index is 13.5. The first-order chi connectivity index (χ1) is 14.6. The van der Waals surface area contributed by atoms with Crippen LogP contribution in [0, 0.1) is 5.82 Å². The van der Waals surface area contributed by atoms with E-state index < -0.39 is 10.8 Å². The first kappa shape index (κ1) is 20.2. The van der Waals surface area contributed by atoms with Crippen molar-refractivity contribution in [2.24, 2.45) is 0 Å². The van der Waals surface area contributed by atoms with Crippen LogP contribution < -0.4 is 5.32 Å². The molecule has 0 aliphatic carbocycles. The van der Waals surface area contributed by atoms with Crippen LogP contribution in [0.15, 0.2) is 83.5 Å². The molecule has 30 heavy (non-hydrogen) atoms. The number of allylic oxidation sites excluding steroid dienone is 2. The van der Waals surface area contributed by atoms with Gasteiger partial charge in [0.2, 0.25) is 0 Å². The molecule has 0 fully saturated rings. The molecule has 0 saturated heterocycles. The maximum atomic E-state index is 13.5. The average Bonchev–Trinajstić information content (AvgIpc) is 2.79. The van der Waals surface area contributed by atoms with Crippen molar-refractivity contribution in [3.8, 4) is 0 Å². The van der Waals surface area contributed by atoms with Crippen LogP contribution >= 0.6 is 0 Å². The van der Waals surface area contributed by atoms with Crippen LogP contribution in [-0.2, 0) is 10.8 Å². The Labute approximate surface area is 178 Å². The van der Waals surface area contributed by atoms with Crippen molar-refractivity contribution < 1.29 is 8.60 Å². The molecule has 152 valence electrons. The molecule has 1 atom stereocenters. The first-order valence-corrected chi connectivity index (χ1v) is 11.4. The van der Waals surface area contributed by atoms with Crippen LogP contribution in [-0.4, -0.2) is 15.4 Å². The second-order valence-corrected chi connectivity index (χ2v) is 8.59. The highest BCUT2D eigenvalue weighted by molar-refractivity contribution is 7.84. The van der Waals surface area contributed by atoms with Gasteiger partial charge in [-0.3, -0.25) is 9.19 Å². The Morgan fingerprint density at radius 3 is 2.10 bits per heavy atom. The summed E-state index contributed by atoms with van der Waals surface area (Å²) >= 11 is 0. The summed E-state index contributed by atoms with van der Waals surface area (Å²) in [6, 6.07) is 18.5. The second-order valence-electron chi connectivity index (χ2n) is 7.21. The molecule has 1 unspecified atom stereocenters. The van der Waals surface area contributed by atoms with E-state index in [9.17, 15) is 8.60 Å². The lowest BCUT2D eigenvalue weighted by Gasteiger charge is -2.28. The predicted molar refractivity (Wildman–Crippen MR) is 121 cm³/mol. The monoisotopic (exact) mass is 418 g/mol. The molecular weight excluding hydrogens is 395 g/mol. The first-order valence-electron chi connectivity index (χ1n) is 9.89. The van der Waals surface area contributed by atoms with Crippen LogP contribution in [0.4, 0.5) is 4.39 Å². The summed E-state index contributed by atoms with van der Waals surface area (Å²) in [6.45, 7) is 2.15. The molecule has 1 aromatic heterocycles. The zero-order valence-corrected chi connectivity index (χ0v) is 17.8. The third-order valence-corrected chi connectivity index (χ3v) is 6.29. The van der Waals surface area contributed by atoms with Gasteiger partial charge in [-0.25, -0.2) is 4.39 Å². The highest BCUT2D eigenvalue weighted by Gasteiger charge is 2.22. The number of dihydropyridines is 1. The Balaban J connectivity index is 1.81. The topological polar surface area (TPSA) is 42.0 Å². The van der Waals surface area contributed by atoms with E-state index in [0.29, 0.717) is 0 Å². The normalized spacial score (nSPS) is 15.2. The van der Waals surface area contributed by atoms with Crippen LogP contribution in [0.5, 0.6) is 0 Å². The molecule has 3 aromatic rings. The molecular formula is C25H23FN2OS. The summed E-state index contributed by atoms with van der Waals surface area (Å²) in [5.74, 6) is -0.242. The van der Waals surface area contributed by atoms with Crippen molar-refractivity contribution in [1.82, 2.24) is 10.3 Å². The predicted octanol–water partition coefficient (Wildman–Crippen LogP) is 5.64. The highest BCUT2D eigenvalue weighted by Crippen LogP contribution is 2.39. The van der Waals surface area contributed by atoms with Gasteiger partial charge in [0.15, 0.2) is 0 Å². The molecule has 0 saturated carbocycles. The van der Waals surface area contributed by atoms with E-state index in [1.807, 2.05) is 48.5 Å². The molecule has 5 heteroatoms. The Kier molecular flexibility index (Phi) is 5.91. The van der Waals surface area contributed by atoms with Crippen molar-refractivity contribution in [3.63, 3.8) is 0 Å². The van der Waals surface area contributed by atoms with Gasteiger partial charge in [0.25, 0.3) is 0 Å². The van der Waals surface area contributed by atoms with Gasteiger partial charge in [0, 0.05) is 45.6 Å². The molecule has 1 aliphatic heterocycles. The van der Waals surface area contributed by atoms with Crippen LogP contribution in [0.1, 0.15) is 36.5 Å². The Morgan fingerprint density at radius 2 is 1.50 bits per heavy atom. The summed E-state index contributed by atoms with van der Waals surface area (Å²) in [6.07, 6.45) is 6.89. The van der Waals surface area contributed by atoms with Gasteiger partial charge in [-0.15, -0.1) is 0 Å². The van der Waals surface area contributed by atoms with Crippen molar-refractivity contribution in [2.45, 2.75) is 24.7 Å². The van der Waals surface area contributed by atoms with E-state index in [0.717, 1.165) is 51.4 Å². The zero-order chi connectivity index (χ0) is 21.1. The minimum absolute atomic E-state index is 0.242. The number of halogens is 1. The third kappa shape index (κ3) is 4.12. The number of pyridine rings is 1. The highest BCUT2D eigenvalue weighted by atomic mass is 32.2. The molecule has 1 N–H and O–H groups in total. The van der Waals surface area contributed by atoms with Gasteiger partial charge in [-0.1, -0.05) is 31.2 Å². The summed E-state index contributed by atoms with van der Waals surface area (Å²) < 4.78 is 25.3. The smallest absolute Gasteiger partial charge is 0.123 e. The molecule has 0 radical (unpaired) electrons. The Bertz CT molecular complexity index is 1130. The molecule has 1 aliphatic rings. The number of nitrogens with zero attached hydrogens (tertiary/aromatic N) is 1. The number of nitrogens with one attached hydrogen (secondary N) is 1. The number of rotatable bonds is 5. The van der Waals surface area contributed by atoms with Crippen LogP contribution in [0.25, 0.3) is 17.0 Å². The average molecular weight is 419 g/mol. The fourth-order valence-corrected chi connectivity index (χ4v) is 4.25. The Morgan fingerprint density at radius 1 is 0.900 bits per heavy atom. The van der Waals surface area contributed by atoms with Gasteiger partial charge in [-0.05, 0) is 71.5 Å². The van der Waals surface area contributed by atoms with E-state index in [2.05, 4.69) is 17.2 Å².